The first-order valence-corrected chi connectivity index (χ1v) is 9.41. The molecule has 0 saturated carbocycles. The van der Waals surface area contributed by atoms with E-state index in [0.717, 1.165) is 3.57 Å². The third-order valence-corrected chi connectivity index (χ3v) is 4.38. The van der Waals surface area contributed by atoms with Crippen molar-refractivity contribution in [2.75, 3.05) is 13.7 Å². The van der Waals surface area contributed by atoms with Crippen LogP contribution in [0.25, 0.3) is 0 Å². The van der Waals surface area contributed by atoms with Crippen LogP contribution in [0, 0.1) is 3.57 Å². The van der Waals surface area contributed by atoms with Crippen LogP contribution in [0.4, 0.5) is 0 Å². The monoisotopic (exact) mass is 499 g/mol. The molecule has 27 heavy (non-hydrogen) atoms. The number of rotatable bonds is 5. The average molecular weight is 499 g/mol. The Hall–Kier alpha value is -2.40. The summed E-state index contributed by atoms with van der Waals surface area (Å²) in [6, 6.07) is 11.7. The van der Waals surface area contributed by atoms with E-state index in [1.54, 1.807) is 49.6 Å². The van der Waals surface area contributed by atoms with Gasteiger partial charge in [0.05, 0.1) is 17.3 Å². The lowest BCUT2D eigenvalue weighted by molar-refractivity contribution is 0.0934. The Morgan fingerprint density at radius 3 is 2.48 bits per heavy atom. The highest BCUT2D eigenvalue weighted by Gasteiger charge is 2.11. The van der Waals surface area contributed by atoms with Crippen molar-refractivity contribution in [3.05, 3.63) is 57.2 Å². The highest BCUT2D eigenvalue weighted by molar-refractivity contribution is 14.1. The highest BCUT2D eigenvalue weighted by Crippen LogP contribution is 2.21. The molecule has 0 radical (unpaired) electrons. The molecule has 0 bridgehead atoms. The summed E-state index contributed by atoms with van der Waals surface area (Å²) in [6.45, 7) is 2.36. The molecule has 3 N–H and O–H groups in total. The number of thiocarbonyl (C=S) groups is 1. The molecule has 0 aromatic heterocycles. The fourth-order valence-electron chi connectivity index (χ4n) is 2.09. The van der Waals surface area contributed by atoms with Crippen LogP contribution in [0.1, 0.15) is 27.6 Å². The zero-order valence-electron chi connectivity index (χ0n) is 14.7. The molecular weight excluding hydrogens is 481 g/mol. The molecule has 0 aliphatic carbocycles. The maximum atomic E-state index is 12.2. The Labute approximate surface area is 175 Å². The fourth-order valence-corrected chi connectivity index (χ4v) is 2.97. The third-order valence-electron chi connectivity index (χ3n) is 3.34. The number of carbonyl (C=O) groups excluding carboxylic acids is 2. The molecule has 0 spiro atoms. The van der Waals surface area contributed by atoms with Gasteiger partial charge in [-0.05, 0) is 78.1 Å². The van der Waals surface area contributed by atoms with E-state index in [0.29, 0.717) is 29.2 Å². The van der Waals surface area contributed by atoms with Gasteiger partial charge in [0, 0.05) is 11.1 Å². The van der Waals surface area contributed by atoms with Gasteiger partial charge in [0.25, 0.3) is 11.8 Å². The summed E-state index contributed by atoms with van der Waals surface area (Å²) >= 11 is 7.11. The Bertz CT molecular complexity index is 860. The van der Waals surface area contributed by atoms with Crippen molar-refractivity contribution >= 4 is 51.7 Å². The van der Waals surface area contributed by atoms with Crippen LogP contribution in [-0.4, -0.2) is 30.6 Å². The first-order chi connectivity index (χ1) is 12.9. The van der Waals surface area contributed by atoms with E-state index in [2.05, 4.69) is 38.8 Å². The van der Waals surface area contributed by atoms with Crippen LogP contribution in [0.5, 0.6) is 11.5 Å². The Morgan fingerprint density at radius 1 is 1.07 bits per heavy atom. The zero-order valence-corrected chi connectivity index (χ0v) is 17.6. The van der Waals surface area contributed by atoms with Gasteiger partial charge >= 0.3 is 0 Å². The van der Waals surface area contributed by atoms with Crippen LogP contribution in [0.2, 0.25) is 0 Å². The second kappa shape index (κ2) is 10.1. The third kappa shape index (κ3) is 6.07. The number of hydrazine groups is 1. The van der Waals surface area contributed by atoms with Crippen LogP contribution < -0.4 is 25.6 Å². The van der Waals surface area contributed by atoms with E-state index in [9.17, 15) is 9.59 Å². The minimum Gasteiger partial charge on any atom is -0.496 e. The number of hydrogen-bond acceptors (Lipinski definition) is 5. The van der Waals surface area contributed by atoms with Crippen LogP contribution >= 0.6 is 34.8 Å². The second-order valence-electron chi connectivity index (χ2n) is 5.17. The summed E-state index contributed by atoms with van der Waals surface area (Å²) < 4.78 is 11.3. The van der Waals surface area contributed by atoms with Crippen molar-refractivity contribution < 1.29 is 19.1 Å². The lowest BCUT2D eigenvalue weighted by Crippen LogP contribution is -2.48. The molecule has 9 heteroatoms. The molecule has 0 atom stereocenters. The maximum Gasteiger partial charge on any atom is 0.269 e. The second-order valence-corrected chi connectivity index (χ2v) is 6.74. The molecule has 0 unspecified atom stereocenters. The number of amides is 2. The molecule has 2 rings (SSSR count). The lowest BCUT2D eigenvalue weighted by Gasteiger charge is -2.12. The Balaban J connectivity index is 1.90. The van der Waals surface area contributed by atoms with Crippen molar-refractivity contribution in [3.63, 3.8) is 0 Å². The van der Waals surface area contributed by atoms with E-state index in [4.69, 9.17) is 21.7 Å². The molecule has 2 amide bonds. The molecule has 0 aliphatic rings. The number of ether oxygens (including phenoxy) is 2. The van der Waals surface area contributed by atoms with E-state index in [-0.39, 0.29) is 5.11 Å². The predicted molar refractivity (Wildman–Crippen MR) is 114 cm³/mol. The summed E-state index contributed by atoms with van der Waals surface area (Å²) in [5.74, 6) is 0.455. The molecule has 0 aliphatic heterocycles. The van der Waals surface area contributed by atoms with Crippen molar-refractivity contribution in [3.8, 4) is 11.5 Å². The van der Waals surface area contributed by atoms with Crippen LogP contribution in [0.15, 0.2) is 42.5 Å². The van der Waals surface area contributed by atoms with Crippen molar-refractivity contribution in [1.29, 1.82) is 0 Å². The summed E-state index contributed by atoms with van der Waals surface area (Å²) in [6.07, 6.45) is 0. The van der Waals surface area contributed by atoms with Crippen molar-refractivity contribution in [1.82, 2.24) is 16.2 Å². The molecule has 0 fully saturated rings. The predicted octanol–water partition coefficient (Wildman–Crippen LogP) is 2.65. The number of methoxy groups -OCH3 is 1. The average Bonchev–Trinajstić information content (AvgIpc) is 2.66. The van der Waals surface area contributed by atoms with Gasteiger partial charge in [0.2, 0.25) is 0 Å². The topological polar surface area (TPSA) is 88.7 Å². The zero-order chi connectivity index (χ0) is 19.8. The number of hydrogen-bond donors (Lipinski definition) is 3. The smallest absolute Gasteiger partial charge is 0.269 e. The van der Waals surface area contributed by atoms with Gasteiger partial charge in [-0.1, -0.05) is 6.07 Å². The number of carbonyl (C=O) groups is 2. The molecule has 2 aromatic carbocycles. The van der Waals surface area contributed by atoms with Crippen molar-refractivity contribution in [2.24, 2.45) is 0 Å². The minimum atomic E-state index is -0.415. The maximum absolute atomic E-state index is 12.2. The summed E-state index contributed by atoms with van der Waals surface area (Å²) in [5.41, 5.74) is 5.76. The number of halogens is 1. The van der Waals surface area contributed by atoms with Crippen LogP contribution in [-0.2, 0) is 0 Å². The van der Waals surface area contributed by atoms with E-state index in [1.807, 2.05) is 6.92 Å². The molecular formula is C18H18IN3O4S. The standard InChI is InChI=1S/C18H18IN3O4S/c1-3-26-13-6-4-5-11(9-13)16(23)20-18(27)22-21-17(24)12-7-8-15(25-2)14(19)10-12/h4-10H,3H2,1-2H3,(H,21,24)(H2,20,22,23,27). The molecule has 0 saturated heterocycles. The van der Waals surface area contributed by atoms with Gasteiger partial charge < -0.3 is 9.47 Å². The number of nitrogens with one attached hydrogen (secondary N) is 3. The minimum absolute atomic E-state index is 0.0293. The molecule has 142 valence electrons. The SMILES string of the molecule is CCOc1cccc(C(=O)NC(=S)NNC(=O)c2ccc(OC)c(I)c2)c1. The molecule has 7 nitrogen and oxygen atoms in total. The first kappa shape index (κ1) is 20.9. The Kier molecular flexibility index (Phi) is 7.80. The van der Waals surface area contributed by atoms with Gasteiger partial charge in [-0.25, -0.2) is 0 Å². The van der Waals surface area contributed by atoms with E-state index in [1.165, 1.54) is 0 Å². The van der Waals surface area contributed by atoms with Gasteiger partial charge in [-0.2, -0.15) is 0 Å². The van der Waals surface area contributed by atoms with Crippen molar-refractivity contribution in [2.45, 2.75) is 6.92 Å². The van der Waals surface area contributed by atoms with E-state index >= 15 is 0 Å². The summed E-state index contributed by atoms with van der Waals surface area (Å²) in [4.78, 5) is 24.4. The largest absolute Gasteiger partial charge is 0.496 e. The highest BCUT2D eigenvalue weighted by atomic mass is 127. The van der Waals surface area contributed by atoms with Crippen LogP contribution in [0.3, 0.4) is 0 Å². The lowest BCUT2D eigenvalue weighted by atomic mass is 10.2. The Morgan fingerprint density at radius 2 is 1.81 bits per heavy atom. The van der Waals surface area contributed by atoms with Gasteiger partial charge in [0.15, 0.2) is 5.11 Å². The summed E-state index contributed by atoms with van der Waals surface area (Å²) in [7, 11) is 1.56. The normalized spacial score (nSPS) is 9.89. The molecule has 2 aromatic rings. The van der Waals surface area contributed by atoms with Gasteiger partial charge in [-0.15, -0.1) is 0 Å². The molecule has 0 heterocycles. The first-order valence-electron chi connectivity index (χ1n) is 7.92. The number of benzene rings is 2. The summed E-state index contributed by atoms with van der Waals surface area (Å²) in [5, 5.41) is 2.46. The van der Waals surface area contributed by atoms with Gasteiger partial charge in [-0.3, -0.25) is 25.8 Å². The van der Waals surface area contributed by atoms with E-state index < -0.39 is 11.8 Å². The van der Waals surface area contributed by atoms with Gasteiger partial charge in [0.1, 0.15) is 11.5 Å². The fraction of sp³-hybridized carbons (Fsp3) is 0.167. The quantitative estimate of drug-likeness (QED) is 0.333.